The van der Waals surface area contributed by atoms with Gasteiger partial charge in [0.15, 0.2) is 0 Å². The molecule has 1 amide bonds. The van der Waals surface area contributed by atoms with Crippen LogP contribution in [0.2, 0.25) is 0 Å². The second kappa shape index (κ2) is 8.74. The van der Waals surface area contributed by atoms with E-state index in [2.05, 4.69) is 37.1 Å². The van der Waals surface area contributed by atoms with Crippen molar-refractivity contribution in [1.82, 2.24) is 4.98 Å². The Kier molecular flexibility index (Phi) is 5.84. The molecule has 0 saturated heterocycles. The van der Waals surface area contributed by atoms with Gasteiger partial charge in [-0.3, -0.25) is 15.2 Å². The Hall–Kier alpha value is -4.19. The maximum absolute atomic E-state index is 12.9. The summed E-state index contributed by atoms with van der Waals surface area (Å²) in [5.41, 5.74) is 8.34. The van der Waals surface area contributed by atoms with Gasteiger partial charge in [0.25, 0.3) is 5.91 Å². The summed E-state index contributed by atoms with van der Waals surface area (Å²) in [6, 6.07) is 22.5. The molecule has 0 bridgehead atoms. The topological polar surface area (TPSA) is 101 Å². The van der Waals surface area contributed by atoms with E-state index in [1.807, 2.05) is 54.6 Å². The number of hydrogen-bond donors (Lipinski definition) is 3. The van der Waals surface area contributed by atoms with Gasteiger partial charge in [-0.25, -0.2) is 0 Å². The minimum Gasteiger partial charge on any atom is -0.457 e. The Morgan fingerprint density at radius 1 is 0.939 bits per heavy atom. The second-order valence-electron chi connectivity index (χ2n) is 8.90. The molecule has 0 radical (unpaired) electrons. The first-order valence-electron chi connectivity index (χ1n) is 10.6. The fourth-order valence-electron chi connectivity index (χ4n) is 3.45. The summed E-state index contributed by atoms with van der Waals surface area (Å²) in [6.07, 6.45) is 1.55. The lowest BCUT2D eigenvalue weighted by Crippen LogP contribution is -2.14. The third-order valence-electron chi connectivity index (χ3n) is 5.30. The van der Waals surface area contributed by atoms with Crippen molar-refractivity contribution in [2.75, 3.05) is 5.32 Å². The molecule has 0 aliphatic rings. The fraction of sp³-hybridized carbons (Fsp3) is 0.148. The molecule has 1 aromatic heterocycles. The van der Waals surface area contributed by atoms with E-state index in [-0.39, 0.29) is 17.2 Å². The van der Waals surface area contributed by atoms with Gasteiger partial charge in [0.1, 0.15) is 23.0 Å². The summed E-state index contributed by atoms with van der Waals surface area (Å²) in [4.78, 5) is 17.0. The van der Waals surface area contributed by atoms with Crippen LogP contribution in [0.15, 0.2) is 79.0 Å². The lowest BCUT2D eigenvalue weighted by Gasteiger charge is -2.20. The van der Waals surface area contributed by atoms with Crippen molar-refractivity contribution in [3.63, 3.8) is 0 Å². The first-order chi connectivity index (χ1) is 15.7. The number of rotatable bonds is 5. The van der Waals surface area contributed by atoms with Crippen molar-refractivity contribution < 1.29 is 9.53 Å². The van der Waals surface area contributed by atoms with Crippen LogP contribution in [-0.2, 0) is 5.41 Å². The molecule has 3 aromatic carbocycles. The Morgan fingerprint density at radius 2 is 1.70 bits per heavy atom. The number of fused-ring (bicyclic) bond motifs is 1. The third kappa shape index (κ3) is 5.18. The van der Waals surface area contributed by atoms with E-state index in [1.165, 1.54) is 0 Å². The van der Waals surface area contributed by atoms with Gasteiger partial charge in [0.2, 0.25) is 0 Å². The highest BCUT2D eigenvalue weighted by Gasteiger charge is 2.15. The summed E-state index contributed by atoms with van der Waals surface area (Å²) < 4.78 is 5.93. The minimum atomic E-state index is -0.172. The number of ether oxygens (including phenoxy) is 1. The molecule has 33 heavy (non-hydrogen) atoms. The first-order valence-corrected chi connectivity index (χ1v) is 10.6. The number of hydrogen-bond acceptors (Lipinski definition) is 4. The zero-order valence-electron chi connectivity index (χ0n) is 18.8. The minimum absolute atomic E-state index is 0.0000843. The normalized spacial score (nSPS) is 11.2. The van der Waals surface area contributed by atoms with Crippen LogP contribution < -0.4 is 15.8 Å². The number of carbonyl (C=O) groups is 1. The highest BCUT2D eigenvalue weighted by molar-refractivity contribution is 6.06. The van der Waals surface area contributed by atoms with Gasteiger partial charge in [-0.15, -0.1) is 0 Å². The molecule has 6 heteroatoms. The summed E-state index contributed by atoms with van der Waals surface area (Å²) >= 11 is 0. The van der Waals surface area contributed by atoms with Gasteiger partial charge >= 0.3 is 0 Å². The summed E-state index contributed by atoms with van der Waals surface area (Å²) in [5, 5.41) is 12.4. The van der Waals surface area contributed by atoms with Crippen molar-refractivity contribution >= 4 is 28.2 Å². The van der Waals surface area contributed by atoms with Crippen LogP contribution in [0.3, 0.4) is 0 Å². The van der Waals surface area contributed by atoms with E-state index in [1.54, 1.807) is 18.3 Å². The molecule has 0 spiro atoms. The van der Waals surface area contributed by atoms with Crippen LogP contribution in [0.4, 0.5) is 5.69 Å². The zero-order chi connectivity index (χ0) is 23.6. The van der Waals surface area contributed by atoms with Crippen LogP contribution in [0.1, 0.15) is 42.4 Å². The van der Waals surface area contributed by atoms with Crippen LogP contribution >= 0.6 is 0 Å². The number of amides is 1. The molecule has 0 fully saturated rings. The van der Waals surface area contributed by atoms with Gasteiger partial charge in [-0.05, 0) is 64.2 Å². The van der Waals surface area contributed by atoms with Crippen LogP contribution in [0, 0.1) is 5.41 Å². The lowest BCUT2D eigenvalue weighted by molar-refractivity contribution is 0.102. The predicted molar refractivity (Wildman–Crippen MR) is 132 cm³/mol. The predicted octanol–water partition coefficient (Wildman–Crippen LogP) is 5.86. The van der Waals surface area contributed by atoms with Crippen molar-refractivity contribution in [3.8, 4) is 11.5 Å². The SMILES string of the molecule is CC(C)(C)c1cccc(NC(=O)c2ccc3ccc(Oc4ccnc(C(=N)N)c4)cc3c2)c1. The van der Waals surface area contributed by atoms with Crippen LogP contribution in [-0.4, -0.2) is 16.7 Å². The average molecular weight is 439 g/mol. The molecular formula is C27H26N4O2. The molecule has 0 unspecified atom stereocenters. The molecule has 4 N–H and O–H groups in total. The van der Waals surface area contributed by atoms with E-state index >= 15 is 0 Å². The summed E-state index contributed by atoms with van der Waals surface area (Å²) in [7, 11) is 0. The number of anilines is 1. The number of nitrogens with one attached hydrogen (secondary N) is 2. The monoisotopic (exact) mass is 438 g/mol. The number of nitrogens with two attached hydrogens (primary N) is 1. The average Bonchev–Trinajstić information content (AvgIpc) is 2.78. The van der Waals surface area contributed by atoms with E-state index in [0.29, 0.717) is 22.8 Å². The third-order valence-corrected chi connectivity index (χ3v) is 5.30. The molecule has 0 aliphatic carbocycles. The van der Waals surface area contributed by atoms with Crippen molar-refractivity contribution in [3.05, 3.63) is 95.8 Å². The number of amidine groups is 1. The van der Waals surface area contributed by atoms with Crippen LogP contribution in [0.5, 0.6) is 11.5 Å². The van der Waals surface area contributed by atoms with Crippen molar-refractivity contribution in [1.29, 1.82) is 5.41 Å². The highest BCUT2D eigenvalue weighted by atomic mass is 16.5. The smallest absolute Gasteiger partial charge is 0.255 e. The number of carbonyl (C=O) groups excluding carboxylic acids is 1. The fourth-order valence-corrected chi connectivity index (χ4v) is 3.45. The second-order valence-corrected chi connectivity index (χ2v) is 8.90. The van der Waals surface area contributed by atoms with E-state index in [4.69, 9.17) is 15.9 Å². The Balaban J connectivity index is 1.57. The standard InChI is InChI=1S/C27H26N4O2/c1-27(2,3)20-5-4-6-21(15-20)31-26(32)18-8-7-17-9-10-22(14-19(17)13-18)33-23-11-12-30-24(16-23)25(28)29/h4-16H,1-3H3,(H3,28,29)(H,31,32). The lowest BCUT2D eigenvalue weighted by atomic mass is 9.87. The maximum Gasteiger partial charge on any atom is 0.255 e. The highest BCUT2D eigenvalue weighted by Crippen LogP contribution is 2.28. The first kappa shape index (κ1) is 22.0. The largest absolute Gasteiger partial charge is 0.457 e. The van der Waals surface area contributed by atoms with E-state index in [0.717, 1.165) is 22.0 Å². The summed E-state index contributed by atoms with van der Waals surface area (Å²) in [5.74, 6) is 0.845. The maximum atomic E-state index is 12.9. The molecule has 0 saturated carbocycles. The molecule has 0 aliphatic heterocycles. The Labute approximate surface area is 192 Å². The molecule has 4 aromatic rings. The van der Waals surface area contributed by atoms with Gasteiger partial charge < -0.3 is 15.8 Å². The van der Waals surface area contributed by atoms with Gasteiger partial charge in [0.05, 0.1) is 0 Å². The van der Waals surface area contributed by atoms with Crippen LogP contribution in [0.25, 0.3) is 10.8 Å². The molecule has 0 atom stereocenters. The quantitative estimate of drug-likeness (QED) is 0.268. The zero-order valence-corrected chi connectivity index (χ0v) is 18.8. The molecular weight excluding hydrogens is 412 g/mol. The summed E-state index contributed by atoms with van der Waals surface area (Å²) in [6.45, 7) is 6.43. The molecule has 1 heterocycles. The van der Waals surface area contributed by atoms with Crippen molar-refractivity contribution in [2.24, 2.45) is 5.73 Å². The van der Waals surface area contributed by atoms with Gasteiger partial charge in [-0.1, -0.05) is 45.0 Å². The Bertz CT molecular complexity index is 1360. The molecule has 166 valence electrons. The number of pyridine rings is 1. The van der Waals surface area contributed by atoms with Gasteiger partial charge in [-0.2, -0.15) is 0 Å². The number of nitrogens with zero attached hydrogens (tertiary/aromatic N) is 1. The van der Waals surface area contributed by atoms with Crippen molar-refractivity contribution in [2.45, 2.75) is 26.2 Å². The molecule has 4 rings (SSSR count). The van der Waals surface area contributed by atoms with E-state index in [9.17, 15) is 4.79 Å². The van der Waals surface area contributed by atoms with Gasteiger partial charge in [0, 0.05) is 23.5 Å². The number of nitrogen functional groups attached to an aromatic ring is 1. The Morgan fingerprint density at radius 3 is 2.45 bits per heavy atom. The van der Waals surface area contributed by atoms with E-state index < -0.39 is 0 Å². The number of benzene rings is 3. The number of aromatic nitrogens is 1. The molecule has 6 nitrogen and oxygen atoms in total.